The topological polar surface area (TPSA) is 118 Å². The van der Waals surface area contributed by atoms with E-state index in [1.807, 2.05) is 0 Å². The second kappa shape index (κ2) is 5.89. The zero-order valence-corrected chi connectivity index (χ0v) is 17.4. The first-order valence-corrected chi connectivity index (χ1v) is 10.2. The average Bonchev–Trinajstić information content (AvgIpc) is 3.32. The van der Waals surface area contributed by atoms with Gasteiger partial charge in [0.1, 0.15) is 11.3 Å². The van der Waals surface area contributed by atoms with Crippen LogP contribution in [0.3, 0.4) is 0 Å². The van der Waals surface area contributed by atoms with E-state index < -0.39 is 46.9 Å². The predicted molar refractivity (Wildman–Crippen MR) is 112 cm³/mol. The molecule has 0 aromatic heterocycles. The van der Waals surface area contributed by atoms with Crippen LogP contribution in [0.25, 0.3) is 5.57 Å². The van der Waals surface area contributed by atoms with Gasteiger partial charge in [0.25, 0.3) is 5.91 Å². The minimum absolute atomic E-state index is 0.117. The Balaban J connectivity index is 1.82. The van der Waals surface area contributed by atoms with Crippen molar-refractivity contribution in [2.45, 2.75) is 19.3 Å². The quantitative estimate of drug-likeness (QED) is 0.445. The summed E-state index contributed by atoms with van der Waals surface area (Å²) in [6, 6.07) is 11.2. The summed E-state index contributed by atoms with van der Waals surface area (Å²) >= 11 is 0. The van der Waals surface area contributed by atoms with E-state index in [1.165, 1.54) is 19.9 Å². The molecule has 0 N–H and O–H groups in total. The Morgan fingerprint density at radius 3 is 2.18 bits per heavy atom. The Hall–Kier alpha value is -4.40. The smallest absolute Gasteiger partial charge is 0.343 e. The molecule has 1 saturated heterocycles. The molecule has 0 saturated carbocycles. The van der Waals surface area contributed by atoms with Gasteiger partial charge in [0, 0.05) is 19.4 Å². The van der Waals surface area contributed by atoms with Gasteiger partial charge in [0.15, 0.2) is 0 Å². The number of carbonyl (C=O) groups is 6. The molecule has 4 aliphatic rings. The average molecular weight is 442 g/mol. The highest BCUT2D eigenvalue weighted by Gasteiger charge is 2.69. The molecule has 3 aliphatic heterocycles. The molecule has 6 rings (SSSR count). The third-order valence-electron chi connectivity index (χ3n) is 6.76. The van der Waals surface area contributed by atoms with E-state index in [0.717, 1.165) is 9.80 Å². The van der Waals surface area contributed by atoms with Crippen LogP contribution in [-0.2, 0) is 38.9 Å². The number of hydrogen-bond donors (Lipinski definition) is 0. The number of nitrogens with zero attached hydrogens (tertiary/aromatic N) is 2. The molecule has 0 unspecified atom stereocenters. The number of cyclic esters (lactones) is 2. The van der Waals surface area contributed by atoms with Gasteiger partial charge < -0.3 is 4.74 Å². The minimum Gasteiger partial charge on any atom is -0.389 e. The fraction of sp³-hybridized carbons (Fsp3) is 0.167. The van der Waals surface area contributed by atoms with Gasteiger partial charge in [-0.3, -0.25) is 24.0 Å². The summed E-state index contributed by atoms with van der Waals surface area (Å²) in [5.74, 6) is -6.11. The summed E-state index contributed by atoms with van der Waals surface area (Å²) in [4.78, 5) is 80.1. The van der Waals surface area contributed by atoms with Gasteiger partial charge in [-0.1, -0.05) is 30.3 Å². The molecule has 162 valence electrons. The number of hydrogen-bond acceptors (Lipinski definition) is 7. The standard InChI is InChI=1S/C24H14N2O7/c1-10(27)25-15-9-5-7-13-16(15)17(20(25)29)18-19(22(31)33-21(18)30)24(13)12-6-3-4-8-14(12)26(11(2)28)23(24)32/h3-9,19H,1-2H3/t19-,24-/m0/s1. The van der Waals surface area contributed by atoms with Gasteiger partial charge in [0.05, 0.1) is 22.5 Å². The maximum Gasteiger partial charge on any atom is 0.343 e. The summed E-state index contributed by atoms with van der Waals surface area (Å²) in [7, 11) is 0. The van der Waals surface area contributed by atoms with Gasteiger partial charge in [-0.05, 0) is 23.3 Å². The van der Waals surface area contributed by atoms with Crippen LogP contribution in [0.4, 0.5) is 11.4 Å². The molecule has 2 aromatic rings. The van der Waals surface area contributed by atoms with Crippen LogP contribution in [0.5, 0.6) is 0 Å². The van der Waals surface area contributed by atoms with Crippen molar-refractivity contribution in [3.05, 3.63) is 64.7 Å². The van der Waals surface area contributed by atoms with E-state index in [4.69, 9.17) is 4.74 Å². The number of benzene rings is 2. The van der Waals surface area contributed by atoms with Crippen molar-refractivity contribution in [3.63, 3.8) is 0 Å². The number of esters is 2. The number of imide groups is 2. The summed E-state index contributed by atoms with van der Waals surface area (Å²) in [6.07, 6.45) is 0. The number of fused-ring (bicyclic) bond motifs is 5. The molecule has 1 spiro atoms. The Bertz CT molecular complexity index is 1450. The number of amides is 4. The fourth-order valence-corrected chi connectivity index (χ4v) is 5.70. The Kier molecular flexibility index (Phi) is 3.44. The lowest BCUT2D eigenvalue weighted by atomic mass is 9.59. The first kappa shape index (κ1) is 19.3. The molecule has 2 atom stereocenters. The maximum absolute atomic E-state index is 14.1. The van der Waals surface area contributed by atoms with Crippen LogP contribution in [0, 0.1) is 5.92 Å². The lowest BCUT2D eigenvalue weighted by Gasteiger charge is -2.37. The largest absolute Gasteiger partial charge is 0.389 e. The van der Waals surface area contributed by atoms with E-state index in [-0.39, 0.29) is 33.6 Å². The maximum atomic E-state index is 14.1. The summed E-state index contributed by atoms with van der Waals surface area (Å²) in [5, 5.41) is 0. The molecule has 1 fully saturated rings. The molecule has 9 nitrogen and oxygen atoms in total. The van der Waals surface area contributed by atoms with Crippen LogP contribution < -0.4 is 9.80 Å². The van der Waals surface area contributed by atoms with Gasteiger partial charge in [-0.15, -0.1) is 0 Å². The molecule has 1 aliphatic carbocycles. The zero-order chi connectivity index (χ0) is 23.4. The number of anilines is 2. The second-order valence-corrected chi connectivity index (χ2v) is 8.27. The van der Waals surface area contributed by atoms with Crippen LogP contribution in [0.2, 0.25) is 0 Å². The highest BCUT2D eigenvalue weighted by Crippen LogP contribution is 2.62. The van der Waals surface area contributed by atoms with Crippen LogP contribution in [0.15, 0.2) is 48.0 Å². The van der Waals surface area contributed by atoms with Crippen LogP contribution in [-0.4, -0.2) is 35.6 Å². The monoisotopic (exact) mass is 442 g/mol. The third kappa shape index (κ3) is 1.94. The van der Waals surface area contributed by atoms with Crippen molar-refractivity contribution in [1.29, 1.82) is 0 Å². The molecule has 2 aromatic carbocycles. The number of carbonyl (C=O) groups excluding carboxylic acids is 6. The van der Waals surface area contributed by atoms with E-state index in [9.17, 15) is 28.8 Å². The number of para-hydroxylation sites is 1. The van der Waals surface area contributed by atoms with Crippen molar-refractivity contribution >= 4 is 52.5 Å². The number of rotatable bonds is 0. The predicted octanol–water partition coefficient (Wildman–Crippen LogP) is 1.23. The lowest BCUT2D eigenvalue weighted by Crippen LogP contribution is -2.51. The lowest BCUT2D eigenvalue weighted by molar-refractivity contribution is -0.154. The summed E-state index contributed by atoms with van der Waals surface area (Å²) in [5.41, 5.74) is -0.836. The van der Waals surface area contributed by atoms with E-state index >= 15 is 0 Å². The highest BCUT2D eigenvalue weighted by atomic mass is 16.6. The first-order chi connectivity index (χ1) is 15.7. The summed E-state index contributed by atoms with van der Waals surface area (Å²) in [6.45, 7) is 2.44. The highest BCUT2D eigenvalue weighted by molar-refractivity contribution is 6.45. The minimum atomic E-state index is -1.80. The molecule has 9 heteroatoms. The van der Waals surface area contributed by atoms with Crippen molar-refractivity contribution in [2.75, 3.05) is 9.80 Å². The normalized spacial score (nSPS) is 24.4. The van der Waals surface area contributed by atoms with Crippen molar-refractivity contribution in [2.24, 2.45) is 5.92 Å². The molecular weight excluding hydrogens is 428 g/mol. The molecule has 33 heavy (non-hydrogen) atoms. The molecule has 4 amide bonds. The van der Waals surface area contributed by atoms with Crippen molar-refractivity contribution in [3.8, 4) is 0 Å². The SMILES string of the molecule is CC(=O)N1C(=O)[C@@]2(c3ccccc31)c1cccc3c1C(=C1C(=O)OC(=O)[C@H]12)C(=O)N3C(C)=O. The molecule has 3 heterocycles. The Labute approximate surface area is 186 Å². The van der Waals surface area contributed by atoms with Crippen molar-refractivity contribution in [1.82, 2.24) is 0 Å². The molecule has 0 radical (unpaired) electrons. The fourth-order valence-electron chi connectivity index (χ4n) is 5.70. The van der Waals surface area contributed by atoms with Crippen LogP contribution in [0.1, 0.15) is 30.5 Å². The van der Waals surface area contributed by atoms with E-state index in [1.54, 1.807) is 36.4 Å². The van der Waals surface area contributed by atoms with Gasteiger partial charge in [0.2, 0.25) is 17.7 Å². The van der Waals surface area contributed by atoms with Gasteiger partial charge in [-0.2, -0.15) is 0 Å². The number of ether oxygens (including phenoxy) is 1. The zero-order valence-electron chi connectivity index (χ0n) is 17.4. The van der Waals surface area contributed by atoms with Gasteiger partial charge in [-0.25, -0.2) is 14.6 Å². The second-order valence-electron chi connectivity index (χ2n) is 8.27. The van der Waals surface area contributed by atoms with Gasteiger partial charge >= 0.3 is 11.9 Å². The van der Waals surface area contributed by atoms with E-state index in [2.05, 4.69) is 0 Å². The first-order valence-electron chi connectivity index (χ1n) is 10.2. The third-order valence-corrected chi connectivity index (χ3v) is 6.76. The molecular formula is C24H14N2O7. The summed E-state index contributed by atoms with van der Waals surface area (Å²) < 4.78 is 4.94. The Morgan fingerprint density at radius 1 is 0.848 bits per heavy atom. The Morgan fingerprint density at radius 2 is 1.48 bits per heavy atom. The molecule has 0 bridgehead atoms. The van der Waals surface area contributed by atoms with E-state index in [0.29, 0.717) is 5.56 Å². The van der Waals surface area contributed by atoms with Crippen LogP contribution >= 0.6 is 0 Å². The van der Waals surface area contributed by atoms with Crippen molar-refractivity contribution < 1.29 is 33.5 Å².